The summed E-state index contributed by atoms with van der Waals surface area (Å²) in [5.41, 5.74) is 1.02. The van der Waals surface area contributed by atoms with Crippen LogP contribution in [0.15, 0.2) is 23.0 Å². The second-order valence-corrected chi connectivity index (χ2v) is 7.66. The molecule has 2 aromatic heterocycles. The standard InChI is InChI=1S/C18H26N6O2/c1-12-4-16(21-26-12)13-7-23(8-13)17-6-18(20-11-19-17)24-10-15(25)5-14(24)9-22(2)3/h4,6,11,13-15,25H,5,7-10H2,1-3H3/t14-,15-/m1/s1. The topological polar surface area (TPSA) is 81.8 Å². The second kappa shape index (κ2) is 6.85. The van der Waals surface area contributed by atoms with Crippen molar-refractivity contribution < 1.29 is 9.63 Å². The van der Waals surface area contributed by atoms with Gasteiger partial charge in [-0.1, -0.05) is 5.16 Å². The lowest BCUT2D eigenvalue weighted by atomic mass is 9.96. The van der Waals surface area contributed by atoms with Crippen molar-refractivity contribution in [2.75, 3.05) is 50.1 Å². The molecule has 8 heteroatoms. The van der Waals surface area contributed by atoms with E-state index < -0.39 is 0 Å². The zero-order valence-corrected chi connectivity index (χ0v) is 15.5. The number of rotatable bonds is 5. The van der Waals surface area contributed by atoms with Gasteiger partial charge in [0.1, 0.15) is 23.7 Å². The van der Waals surface area contributed by atoms with Crippen LogP contribution in [0.4, 0.5) is 11.6 Å². The van der Waals surface area contributed by atoms with Gasteiger partial charge in [0.15, 0.2) is 0 Å². The summed E-state index contributed by atoms with van der Waals surface area (Å²) in [6.07, 6.45) is 2.09. The average molecular weight is 358 g/mol. The van der Waals surface area contributed by atoms with Crippen LogP contribution in [0.25, 0.3) is 0 Å². The normalized spacial score (nSPS) is 23.7. The number of likely N-dealkylation sites (N-methyl/N-ethyl adjacent to an activating group) is 1. The number of β-amino-alcohol motifs (C(OH)–C–C–N with tert-alkyl or cyclic N) is 1. The van der Waals surface area contributed by atoms with Crippen LogP contribution in [0.5, 0.6) is 0 Å². The molecule has 2 aliphatic heterocycles. The van der Waals surface area contributed by atoms with Crippen molar-refractivity contribution in [1.82, 2.24) is 20.0 Å². The lowest BCUT2D eigenvalue weighted by molar-refractivity contribution is 0.191. The molecule has 0 spiro atoms. The Balaban J connectivity index is 1.45. The maximum absolute atomic E-state index is 10.1. The maximum atomic E-state index is 10.1. The van der Waals surface area contributed by atoms with Crippen molar-refractivity contribution in [3.8, 4) is 0 Å². The first-order chi connectivity index (χ1) is 12.5. The second-order valence-electron chi connectivity index (χ2n) is 7.66. The predicted molar refractivity (Wildman–Crippen MR) is 98.5 cm³/mol. The van der Waals surface area contributed by atoms with E-state index >= 15 is 0 Å². The smallest absolute Gasteiger partial charge is 0.134 e. The van der Waals surface area contributed by atoms with Gasteiger partial charge in [-0.05, 0) is 27.4 Å². The van der Waals surface area contributed by atoms with E-state index in [1.807, 2.05) is 19.1 Å². The molecule has 2 aliphatic rings. The number of anilines is 2. The van der Waals surface area contributed by atoms with Gasteiger partial charge in [-0.15, -0.1) is 0 Å². The number of aliphatic hydroxyl groups is 1. The summed E-state index contributed by atoms with van der Waals surface area (Å²) in [6, 6.07) is 4.31. The lowest BCUT2D eigenvalue weighted by Crippen LogP contribution is -2.46. The molecule has 0 saturated carbocycles. The molecular weight excluding hydrogens is 332 g/mol. The van der Waals surface area contributed by atoms with E-state index in [0.29, 0.717) is 12.5 Å². The SMILES string of the molecule is Cc1cc(C2CN(c3cc(N4C[C@H](O)C[C@@H]4CN(C)C)ncn3)C2)no1. The van der Waals surface area contributed by atoms with Crippen LogP contribution in [-0.4, -0.2) is 77.6 Å². The van der Waals surface area contributed by atoms with Gasteiger partial charge in [-0.2, -0.15) is 0 Å². The first-order valence-electron chi connectivity index (χ1n) is 9.09. The molecule has 8 nitrogen and oxygen atoms in total. The minimum atomic E-state index is -0.304. The van der Waals surface area contributed by atoms with Gasteiger partial charge in [0, 0.05) is 50.3 Å². The Morgan fingerprint density at radius 2 is 1.96 bits per heavy atom. The highest BCUT2D eigenvalue weighted by Gasteiger charge is 2.34. The molecule has 1 N–H and O–H groups in total. The number of hydrogen-bond acceptors (Lipinski definition) is 8. The fraction of sp³-hybridized carbons (Fsp3) is 0.611. The molecule has 2 fully saturated rings. The maximum Gasteiger partial charge on any atom is 0.134 e. The molecule has 2 aromatic rings. The monoisotopic (exact) mass is 358 g/mol. The van der Waals surface area contributed by atoms with E-state index in [1.54, 1.807) is 6.33 Å². The summed E-state index contributed by atoms with van der Waals surface area (Å²) >= 11 is 0. The number of hydrogen-bond donors (Lipinski definition) is 1. The fourth-order valence-electron chi connectivity index (χ4n) is 3.87. The van der Waals surface area contributed by atoms with Crippen LogP contribution in [-0.2, 0) is 0 Å². The molecule has 2 saturated heterocycles. The Morgan fingerprint density at radius 1 is 1.19 bits per heavy atom. The highest BCUT2D eigenvalue weighted by atomic mass is 16.5. The molecule has 4 heterocycles. The summed E-state index contributed by atoms with van der Waals surface area (Å²) in [7, 11) is 4.11. The third kappa shape index (κ3) is 3.39. The third-order valence-electron chi connectivity index (χ3n) is 5.17. The minimum Gasteiger partial charge on any atom is -0.391 e. The Kier molecular flexibility index (Phi) is 4.54. The van der Waals surface area contributed by atoms with Gasteiger partial charge in [-0.25, -0.2) is 9.97 Å². The van der Waals surface area contributed by atoms with E-state index in [2.05, 4.69) is 43.9 Å². The molecule has 140 valence electrons. The molecule has 0 unspecified atom stereocenters. The summed E-state index contributed by atoms with van der Waals surface area (Å²) in [6.45, 7) is 5.19. The van der Waals surface area contributed by atoms with Gasteiger partial charge >= 0.3 is 0 Å². The Morgan fingerprint density at radius 3 is 2.65 bits per heavy atom. The Bertz CT molecular complexity index is 758. The summed E-state index contributed by atoms with van der Waals surface area (Å²) in [5, 5.41) is 14.2. The third-order valence-corrected chi connectivity index (χ3v) is 5.17. The molecular formula is C18H26N6O2. The minimum absolute atomic E-state index is 0.269. The molecule has 4 rings (SSSR count). The van der Waals surface area contributed by atoms with Crippen LogP contribution >= 0.6 is 0 Å². The van der Waals surface area contributed by atoms with Gasteiger partial charge in [0.2, 0.25) is 0 Å². The van der Waals surface area contributed by atoms with Gasteiger partial charge < -0.3 is 24.3 Å². The molecule has 0 aromatic carbocycles. The highest BCUT2D eigenvalue weighted by molar-refractivity contribution is 5.53. The fourth-order valence-corrected chi connectivity index (χ4v) is 3.87. The number of aryl methyl sites for hydroxylation is 1. The zero-order valence-electron chi connectivity index (χ0n) is 15.5. The highest BCUT2D eigenvalue weighted by Crippen LogP contribution is 2.32. The van der Waals surface area contributed by atoms with Crippen molar-refractivity contribution in [2.24, 2.45) is 0 Å². The van der Waals surface area contributed by atoms with Crippen molar-refractivity contribution in [3.05, 3.63) is 29.9 Å². The first-order valence-corrected chi connectivity index (χ1v) is 9.09. The van der Waals surface area contributed by atoms with E-state index in [-0.39, 0.29) is 12.1 Å². The summed E-state index contributed by atoms with van der Waals surface area (Å²) in [4.78, 5) is 15.5. The number of aliphatic hydroxyl groups excluding tert-OH is 1. The van der Waals surface area contributed by atoms with Crippen LogP contribution in [0.3, 0.4) is 0 Å². The first kappa shape index (κ1) is 17.2. The van der Waals surface area contributed by atoms with E-state index in [9.17, 15) is 5.11 Å². The number of aromatic nitrogens is 3. The van der Waals surface area contributed by atoms with Crippen LogP contribution in [0.2, 0.25) is 0 Å². The number of nitrogens with zero attached hydrogens (tertiary/aromatic N) is 6. The van der Waals surface area contributed by atoms with E-state index in [4.69, 9.17) is 4.52 Å². The summed E-state index contributed by atoms with van der Waals surface area (Å²) < 4.78 is 5.17. The van der Waals surface area contributed by atoms with Gasteiger partial charge in [0.05, 0.1) is 11.8 Å². The van der Waals surface area contributed by atoms with Crippen molar-refractivity contribution >= 4 is 11.6 Å². The van der Waals surface area contributed by atoms with Crippen LogP contribution < -0.4 is 9.80 Å². The predicted octanol–water partition coefficient (Wildman–Crippen LogP) is 0.878. The van der Waals surface area contributed by atoms with Crippen molar-refractivity contribution in [1.29, 1.82) is 0 Å². The quantitative estimate of drug-likeness (QED) is 0.843. The van der Waals surface area contributed by atoms with E-state index in [0.717, 1.165) is 49.1 Å². The summed E-state index contributed by atoms with van der Waals surface area (Å²) in [5.74, 6) is 3.05. The van der Waals surface area contributed by atoms with Crippen molar-refractivity contribution in [3.63, 3.8) is 0 Å². The van der Waals surface area contributed by atoms with E-state index in [1.165, 1.54) is 0 Å². The largest absolute Gasteiger partial charge is 0.391 e. The Hall–Kier alpha value is -2.19. The molecule has 0 bridgehead atoms. The molecule has 0 amide bonds. The molecule has 2 atom stereocenters. The van der Waals surface area contributed by atoms with Crippen LogP contribution in [0, 0.1) is 6.92 Å². The molecule has 0 aliphatic carbocycles. The van der Waals surface area contributed by atoms with Crippen LogP contribution in [0.1, 0.15) is 23.8 Å². The molecule has 26 heavy (non-hydrogen) atoms. The average Bonchev–Trinajstić information content (AvgIpc) is 3.12. The zero-order chi connectivity index (χ0) is 18.3. The van der Waals surface area contributed by atoms with Gasteiger partial charge in [0.25, 0.3) is 0 Å². The molecule has 0 radical (unpaired) electrons. The Labute approximate surface area is 153 Å². The lowest BCUT2D eigenvalue weighted by Gasteiger charge is -2.39. The van der Waals surface area contributed by atoms with Crippen molar-refractivity contribution in [2.45, 2.75) is 31.4 Å². The van der Waals surface area contributed by atoms with Gasteiger partial charge in [-0.3, -0.25) is 0 Å².